The standard InChI is InChI=1S/C21H34N4O4.HI/c1-4-28-20(26)17-7-9-25(10-8-17)21(22-3)23-15-18(19-6-5-16(2)29-19)24-11-13-27-14-12-24;/h5-6,17-18H,4,7-15H2,1-3H3,(H,22,23);1H. The lowest BCUT2D eigenvalue weighted by atomic mass is 9.97. The minimum absolute atomic E-state index is 0. The molecule has 0 radical (unpaired) electrons. The number of guanidine groups is 1. The molecule has 2 saturated heterocycles. The maximum Gasteiger partial charge on any atom is 0.309 e. The van der Waals surface area contributed by atoms with Crippen LogP contribution < -0.4 is 5.32 Å². The maximum atomic E-state index is 12.0. The lowest BCUT2D eigenvalue weighted by molar-refractivity contribution is -0.149. The summed E-state index contributed by atoms with van der Waals surface area (Å²) in [6.07, 6.45) is 1.59. The van der Waals surface area contributed by atoms with Crippen molar-refractivity contribution in [2.24, 2.45) is 10.9 Å². The van der Waals surface area contributed by atoms with Gasteiger partial charge < -0.3 is 24.1 Å². The fraction of sp³-hybridized carbons (Fsp3) is 0.714. The van der Waals surface area contributed by atoms with E-state index in [1.54, 1.807) is 7.05 Å². The van der Waals surface area contributed by atoms with Crippen molar-refractivity contribution in [1.82, 2.24) is 15.1 Å². The zero-order chi connectivity index (χ0) is 20.6. The molecule has 9 heteroatoms. The first-order valence-electron chi connectivity index (χ1n) is 10.6. The maximum absolute atomic E-state index is 12.0. The van der Waals surface area contributed by atoms with E-state index in [0.29, 0.717) is 13.2 Å². The summed E-state index contributed by atoms with van der Waals surface area (Å²) in [5.74, 6) is 2.68. The molecule has 1 unspecified atom stereocenters. The van der Waals surface area contributed by atoms with Gasteiger partial charge in [0.2, 0.25) is 0 Å². The number of aliphatic imine (C=N–C) groups is 1. The number of hydrogen-bond donors (Lipinski definition) is 1. The average Bonchev–Trinajstić information content (AvgIpc) is 3.18. The molecule has 1 aromatic rings. The summed E-state index contributed by atoms with van der Waals surface area (Å²) in [6, 6.07) is 4.20. The van der Waals surface area contributed by atoms with Gasteiger partial charge in [0, 0.05) is 39.8 Å². The smallest absolute Gasteiger partial charge is 0.309 e. The summed E-state index contributed by atoms with van der Waals surface area (Å²) in [4.78, 5) is 21.1. The summed E-state index contributed by atoms with van der Waals surface area (Å²) < 4.78 is 16.6. The first kappa shape index (κ1) is 24.9. The molecule has 30 heavy (non-hydrogen) atoms. The normalized spacial score (nSPS) is 19.8. The van der Waals surface area contributed by atoms with Crippen LogP contribution in [-0.2, 0) is 14.3 Å². The van der Waals surface area contributed by atoms with E-state index < -0.39 is 0 Å². The molecule has 2 aliphatic rings. The molecule has 8 nitrogen and oxygen atoms in total. The van der Waals surface area contributed by atoms with Crippen LogP contribution in [0.1, 0.15) is 37.3 Å². The quantitative estimate of drug-likeness (QED) is 0.260. The van der Waals surface area contributed by atoms with Gasteiger partial charge in [-0.15, -0.1) is 24.0 Å². The van der Waals surface area contributed by atoms with Crippen molar-refractivity contribution in [1.29, 1.82) is 0 Å². The average molecular weight is 534 g/mol. The Balaban J connectivity index is 0.00000320. The number of nitrogens with zero attached hydrogens (tertiary/aromatic N) is 3. The summed E-state index contributed by atoms with van der Waals surface area (Å²) in [5.41, 5.74) is 0. The molecule has 3 heterocycles. The van der Waals surface area contributed by atoms with Gasteiger partial charge >= 0.3 is 5.97 Å². The summed E-state index contributed by atoms with van der Waals surface area (Å²) in [5, 5.41) is 3.53. The van der Waals surface area contributed by atoms with Crippen LogP contribution in [0, 0.1) is 12.8 Å². The SMILES string of the molecule is CCOC(=O)C1CCN(C(=NC)NCC(c2ccc(C)o2)N2CCOCC2)CC1.I. The van der Waals surface area contributed by atoms with E-state index in [0.717, 1.165) is 69.7 Å². The van der Waals surface area contributed by atoms with Crippen molar-refractivity contribution in [2.75, 3.05) is 59.6 Å². The highest BCUT2D eigenvalue weighted by atomic mass is 127. The Bertz CT molecular complexity index is 682. The molecule has 0 aromatic carbocycles. The van der Waals surface area contributed by atoms with Crippen molar-refractivity contribution < 1.29 is 18.7 Å². The predicted molar refractivity (Wildman–Crippen MR) is 126 cm³/mol. The lowest BCUT2D eigenvalue weighted by Crippen LogP contribution is -2.49. The third kappa shape index (κ3) is 6.58. The molecule has 3 rings (SSSR count). The summed E-state index contributed by atoms with van der Waals surface area (Å²) in [6.45, 7) is 9.82. The van der Waals surface area contributed by atoms with Crippen molar-refractivity contribution in [2.45, 2.75) is 32.7 Å². The Morgan fingerprint density at radius 3 is 2.53 bits per heavy atom. The number of morpholine rings is 1. The van der Waals surface area contributed by atoms with Crippen LogP contribution in [0.4, 0.5) is 0 Å². The van der Waals surface area contributed by atoms with Crippen molar-refractivity contribution in [3.8, 4) is 0 Å². The van der Waals surface area contributed by atoms with E-state index in [1.807, 2.05) is 19.9 Å². The lowest BCUT2D eigenvalue weighted by Gasteiger charge is -2.36. The van der Waals surface area contributed by atoms with E-state index >= 15 is 0 Å². The van der Waals surface area contributed by atoms with Gasteiger partial charge in [0.1, 0.15) is 11.5 Å². The van der Waals surface area contributed by atoms with Crippen LogP contribution in [0.3, 0.4) is 0 Å². The van der Waals surface area contributed by atoms with Gasteiger partial charge in [0.15, 0.2) is 5.96 Å². The molecule has 0 aliphatic carbocycles. The van der Waals surface area contributed by atoms with Gasteiger partial charge in [-0.05, 0) is 38.8 Å². The molecule has 0 saturated carbocycles. The molecule has 0 spiro atoms. The van der Waals surface area contributed by atoms with E-state index in [4.69, 9.17) is 13.9 Å². The Hall–Kier alpha value is -1.33. The number of hydrogen-bond acceptors (Lipinski definition) is 6. The summed E-state index contributed by atoms with van der Waals surface area (Å²) >= 11 is 0. The fourth-order valence-corrected chi connectivity index (χ4v) is 4.04. The second-order valence-corrected chi connectivity index (χ2v) is 7.55. The second-order valence-electron chi connectivity index (χ2n) is 7.55. The monoisotopic (exact) mass is 534 g/mol. The highest BCUT2D eigenvalue weighted by molar-refractivity contribution is 14.0. The van der Waals surface area contributed by atoms with E-state index in [1.165, 1.54) is 0 Å². The van der Waals surface area contributed by atoms with Crippen molar-refractivity contribution >= 4 is 35.9 Å². The van der Waals surface area contributed by atoms with Crippen LogP contribution in [0.2, 0.25) is 0 Å². The minimum atomic E-state index is -0.0735. The van der Waals surface area contributed by atoms with E-state index in [2.05, 4.69) is 26.2 Å². The molecule has 1 atom stereocenters. The molecule has 0 bridgehead atoms. The second kappa shape index (κ2) is 12.5. The first-order chi connectivity index (χ1) is 14.1. The van der Waals surface area contributed by atoms with Gasteiger partial charge in [0.25, 0.3) is 0 Å². The molecule has 1 N–H and O–H groups in total. The van der Waals surface area contributed by atoms with Gasteiger partial charge in [-0.2, -0.15) is 0 Å². The Morgan fingerprint density at radius 2 is 1.97 bits per heavy atom. The molecule has 2 aliphatic heterocycles. The first-order valence-corrected chi connectivity index (χ1v) is 10.6. The number of esters is 1. The molecule has 1 aromatic heterocycles. The minimum Gasteiger partial charge on any atom is -0.466 e. The number of halogens is 1. The highest BCUT2D eigenvalue weighted by Gasteiger charge is 2.29. The van der Waals surface area contributed by atoms with E-state index in [9.17, 15) is 4.79 Å². The Labute approximate surface area is 196 Å². The highest BCUT2D eigenvalue weighted by Crippen LogP contribution is 2.24. The number of piperidine rings is 1. The largest absolute Gasteiger partial charge is 0.466 e. The van der Waals surface area contributed by atoms with Crippen molar-refractivity contribution in [3.63, 3.8) is 0 Å². The molecule has 170 valence electrons. The van der Waals surface area contributed by atoms with Crippen molar-refractivity contribution in [3.05, 3.63) is 23.7 Å². The summed E-state index contributed by atoms with van der Waals surface area (Å²) in [7, 11) is 1.81. The van der Waals surface area contributed by atoms with Gasteiger partial charge in [-0.3, -0.25) is 14.7 Å². The third-order valence-corrected chi connectivity index (χ3v) is 5.66. The Morgan fingerprint density at radius 1 is 1.27 bits per heavy atom. The van der Waals surface area contributed by atoms with Gasteiger partial charge in [-0.25, -0.2) is 0 Å². The van der Waals surface area contributed by atoms with Gasteiger partial charge in [0.05, 0.1) is 31.8 Å². The van der Waals surface area contributed by atoms with Crippen LogP contribution in [0.15, 0.2) is 21.5 Å². The number of aryl methyl sites for hydroxylation is 1. The Kier molecular flexibility index (Phi) is 10.4. The number of furan rings is 1. The van der Waals surface area contributed by atoms with Crippen LogP contribution in [-0.4, -0.2) is 81.3 Å². The number of ether oxygens (including phenoxy) is 2. The number of rotatable bonds is 6. The fourth-order valence-electron chi connectivity index (χ4n) is 4.04. The molecule has 2 fully saturated rings. The van der Waals surface area contributed by atoms with Gasteiger partial charge in [-0.1, -0.05) is 0 Å². The number of likely N-dealkylation sites (tertiary alicyclic amines) is 1. The topological polar surface area (TPSA) is 79.5 Å². The number of carbonyl (C=O) groups excluding carboxylic acids is 1. The zero-order valence-electron chi connectivity index (χ0n) is 18.3. The number of nitrogens with one attached hydrogen (secondary N) is 1. The van der Waals surface area contributed by atoms with Crippen LogP contribution >= 0.6 is 24.0 Å². The zero-order valence-corrected chi connectivity index (χ0v) is 20.6. The van der Waals surface area contributed by atoms with Crippen LogP contribution in [0.5, 0.6) is 0 Å². The molecule has 0 amide bonds. The molecular formula is C21H35IN4O4. The number of carbonyl (C=O) groups is 1. The predicted octanol–water partition coefficient (Wildman–Crippen LogP) is 2.43. The third-order valence-electron chi connectivity index (χ3n) is 5.66. The van der Waals surface area contributed by atoms with Crippen LogP contribution in [0.25, 0.3) is 0 Å². The van der Waals surface area contributed by atoms with E-state index in [-0.39, 0.29) is 41.9 Å². The molecular weight excluding hydrogens is 499 g/mol.